The van der Waals surface area contributed by atoms with E-state index in [1.807, 2.05) is 0 Å². The van der Waals surface area contributed by atoms with E-state index in [0.29, 0.717) is 25.7 Å². The van der Waals surface area contributed by atoms with Crippen molar-refractivity contribution in [1.82, 2.24) is 0 Å². The zero-order valence-corrected chi connectivity index (χ0v) is 67.3. The molecule has 0 spiro atoms. The van der Waals surface area contributed by atoms with Crippen molar-refractivity contribution in [2.24, 2.45) is 11.8 Å². The Labute approximate surface area is 613 Å². The third-order valence-electron chi connectivity index (χ3n) is 19.0. The average molecular weight is 1470 g/mol. The van der Waals surface area contributed by atoms with Gasteiger partial charge in [-0.2, -0.15) is 0 Å². The smallest absolute Gasteiger partial charge is 0.462 e. The molecule has 0 aliphatic carbocycles. The molecule has 0 amide bonds. The van der Waals surface area contributed by atoms with Crippen LogP contribution in [0.4, 0.5) is 0 Å². The van der Waals surface area contributed by atoms with E-state index in [1.54, 1.807) is 0 Å². The number of rotatable bonds is 80. The summed E-state index contributed by atoms with van der Waals surface area (Å²) in [5, 5.41) is 10.6. The number of phosphoric acid groups is 2. The molecular weight excluding hydrogens is 1310 g/mol. The highest BCUT2D eigenvalue weighted by molar-refractivity contribution is 7.47. The predicted octanol–water partition coefficient (Wildman–Crippen LogP) is 24.3. The molecule has 0 heterocycles. The van der Waals surface area contributed by atoms with Gasteiger partial charge in [0.1, 0.15) is 19.3 Å². The van der Waals surface area contributed by atoms with Crippen LogP contribution >= 0.6 is 15.6 Å². The number of phosphoric ester groups is 2. The van der Waals surface area contributed by atoms with Crippen molar-refractivity contribution < 1.29 is 80.2 Å². The van der Waals surface area contributed by atoms with Crippen LogP contribution in [-0.4, -0.2) is 96.7 Å². The van der Waals surface area contributed by atoms with Gasteiger partial charge >= 0.3 is 39.5 Å². The molecule has 0 rings (SSSR count). The Morgan fingerprint density at radius 2 is 0.460 bits per heavy atom. The molecule has 2 unspecified atom stereocenters. The first-order valence-electron chi connectivity index (χ1n) is 42.0. The predicted molar refractivity (Wildman–Crippen MR) is 409 cm³/mol. The van der Waals surface area contributed by atoms with Crippen molar-refractivity contribution in [3.63, 3.8) is 0 Å². The van der Waals surface area contributed by atoms with E-state index in [2.05, 4.69) is 41.5 Å². The summed E-state index contributed by atoms with van der Waals surface area (Å²) >= 11 is 0. The lowest BCUT2D eigenvalue weighted by molar-refractivity contribution is -0.161. The summed E-state index contributed by atoms with van der Waals surface area (Å²) in [6.45, 7) is 9.67. The standard InChI is InChI=1S/C81H158O17P2/c1-7-9-11-13-15-17-19-20-21-22-23-28-35-41-47-53-59-65-80(85)98-77(70-92-79(84)64-58-52-46-40-34-29-24-26-32-37-43-49-55-61-73(3)4)72-96-100(89,90)94-68-75(82)67-93-99(87,88)95-71-76(69-91-78(83)63-57-51-45-39-31-18-16-14-12-10-8-2)97-81(86)66-60-54-48-42-36-30-25-27-33-38-44-50-56-62-74(5)6/h73-77,82H,7-72H2,1-6H3,(H,87,88)(H,89,90)/t75-,76+,77+/m0/s1. The monoisotopic (exact) mass is 1470 g/mol. The van der Waals surface area contributed by atoms with Crippen LogP contribution in [0.15, 0.2) is 0 Å². The Morgan fingerprint density at radius 1 is 0.270 bits per heavy atom. The lowest BCUT2D eigenvalue weighted by atomic mass is 10.0. The molecule has 5 atom stereocenters. The van der Waals surface area contributed by atoms with E-state index in [9.17, 15) is 43.2 Å². The first-order chi connectivity index (χ1) is 48.4. The van der Waals surface area contributed by atoms with Gasteiger partial charge in [0.05, 0.1) is 26.4 Å². The molecule has 0 saturated heterocycles. The molecule has 3 N–H and O–H groups in total. The summed E-state index contributed by atoms with van der Waals surface area (Å²) in [5.74, 6) is -0.528. The number of carbonyl (C=O) groups excluding carboxylic acids is 4. The number of hydrogen-bond donors (Lipinski definition) is 3. The van der Waals surface area contributed by atoms with Crippen molar-refractivity contribution in [2.75, 3.05) is 39.6 Å². The summed E-state index contributed by atoms with van der Waals surface area (Å²) in [7, 11) is -9.92. The maximum absolute atomic E-state index is 13.1. The van der Waals surface area contributed by atoms with E-state index in [4.69, 9.17) is 37.0 Å². The fourth-order valence-electron chi connectivity index (χ4n) is 12.5. The highest BCUT2D eigenvalue weighted by atomic mass is 31.2. The van der Waals surface area contributed by atoms with Gasteiger partial charge in [0.2, 0.25) is 0 Å². The van der Waals surface area contributed by atoms with Crippen molar-refractivity contribution in [3.8, 4) is 0 Å². The molecule has 0 radical (unpaired) electrons. The minimum absolute atomic E-state index is 0.108. The van der Waals surface area contributed by atoms with Crippen LogP contribution in [0.25, 0.3) is 0 Å². The molecule has 0 aromatic heterocycles. The number of aliphatic hydroxyl groups is 1. The van der Waals surface area contributed by atoms with Crippen LogP contribution in [0.3, 0.4) is 0 Å². The van der Waals surface area contributed by atoms with Gasteiger partial charge in [-0.25, -0.2) is 9.13 Å². The fourth-order valence-corrected chi connectivity index (χ4v) is 14.1. The first kappa shape index (κ1) is 98.1. The Kier molecular flexibility index (Phi) is 71.2. The van der Waals surface area contributed by atoms with Crippen LogP contribution < -0.4 is 0 Å². The summed E-state index contributed by atoms with van der Waals surface area (Å²) in [6, 6.07) is 0. The van der Waals surface area contributed by atoms with Gasteiger partial charge in [0, 0.05) is 25.7 Å². The van der Waals surface area contributed by atoms with Crippen molar-refractivity contribution in [1.29, 1.82) is 0 Å². The first-order valence-corrected chi connectivity index (χ1v) is 45.0. The van der Waals surface area contributed by atoms with E-state index >= 15 is 0 Å². The van der Waals surface area contributed by atoms with Crippen LogP contribution in [0, 0.1) is 11.8 Å². The molecular formula is C81H158O17P2. The number of carbonyl (C=O) groups is 4. The van der Waals surface area contributed by atoms with E-state index in [-0.39, 0.29) is 25.7 Å². The summed E-state index contributed by atoms with van der Waals surface area (Å²) in [6.07, 6.45) is 62.3. The van der Waals surface area contributed by atoms with Crippen LogP contribution in [0.1, 0.15) is 427 Å². The molecule has 0 aliphatic rings. The van der Waals surface area contributed by atoms with Gasteiger partial charge in [-0.05, 0) is 37.5 Å². The largest absolute Gasteiger partial charge is 0.472 e. The summed E-state index contributed by atoms with van der Waals surface area (Å²) < 4.78 is 68.8. The molecule has 100 heavy (non-hydrogen) atoms. The zero-order chi connectivity index (χ0) is 73.5. The number of aliphatic hydroxyl groups excluding tert-OH is 1. The normalized spacial score (nSPS) is 13.9. The lowest BCUT2D eigenvalue weighted by Crippen LogP contribution is -2.30. The molecule has 0 aliphatic heterocycles. The van der Waals surface area contributed by atoms with Gasteiger partial charge in [-0.1, -0.05) is 375 Å². The quantitative estimate of drug-likeness (QED) is 0.0222. The molecule has 0 saturated carbocycles. The zero-order valence-electron chi connectivity index (χ0n) is 65.5. The molecule has 17 nitrogen and oxygen atoms in total. The Balaban J connectivity index is 5.26. The number of esters is 4. The highest BCUT2D eigenvalue weighted by Crippen LogP contribution is 2.45. The third kappa shape index (κ3) is 74.3. The fraction of sp³-hybridized carbons (Fsp3) is 0.951. The van der Waals surface area contributed by atoms with Gasteiger partial charge in [-0.15, -0.1) is 0 Å². The topological polar surface area (TPSA) is 237 Å². The van der Waals surface area contributed by atoms with Gasteiger partial charge in [0.15, 0.2) is 12.2 Å². The molecule has 594 valence electrons. The number of hydrogen-bond acceptors (Lipinski definition) is 15. The molecule has 0 bridgehead atoms. The van der Waals surface area contributed by atoms with Crippen LogP contribution in [0.5, 0.6) is 0 Å². The maximum atomic E-state index is 13.1. The minimum atomic E-state index is -4.96. The maximum Gasteiger partial charge on any atom is 0.472 e. The van der Waals surface area contributed by atoms with E-state index in [0.717, 1.165) is 102 Å². The Bertz CT molecular complexity index is 1920. The number of unbranched alkanes of at least 4 members (excludes halogenated alkanes) is 50. The van der Waals surface area contributed by atoms with Crippen molar-refractivity contribution in [3.05, 3.63) is 0 Å². The van der Waals surface area contributed by atoms with E-state index in [1.165, 1.54) is 244 Å². The SMILES string of the molecule is CCCCCCCCCCCCCCCCCCCC(=O)O[C@H](COC(=O)CCCCCCCCCCCCCCCC(C)C)COP(=O)(O)OC[C@@H](O)COP(=O)(O)OC[C@@H](COC(=O)CCCCCCCCCCCCC)OC(=O)CCCCCCCCCCCCCCCC(C)C. The number of ether oxygens (including phenoxy) is 4. The molecule has 0 aromatic rings. The minimum Gasteiger partial charge on any atom is -0.462 e. The highest BCUT2D eigenvalue weighted by Gasteiger charge is 2.30. The van der Waals surface area contributed by atoms with Gasteiger partial charge in [-0.3, -0.25) is 37.3 Å². The van der Waals surface area contributed by atoms with Gasteiger partial charge in [0.25, 0.3) is 0 Å². The average Bonchev–Trinajstić information content (AvgIpc) is 1.00. The van der Waals surface area contributed by atoms with Gasteiger partial charge < -0.3 is 33.8 Å². The lowest BCUT2D eigenvalue weighted by Gasteiger charge is -2.21. The van der Waals surface area contributed by atoms with Crippen molar-refractivity contribution >= 4 is 39.5 Å². The Hall–Kier alpha value is -1.94. The second-order valence-electron chi connectivity index (χ2n) is 30.1. The molecule has 0 fully saturated rings. The molecule has 19 heteroatoms. The second-order valence-corrected chi connectivity index (χ2v) is 33.0. The second kappa shape index (κ2) is 72.6. The van der Waals surface area contributed by atoms with E-state index < -0.39 is 97.5 Å². The molecule has 0 aromatic carbocycles. The summed E-state index contributed by atoms with van der Waals surface area (Å²) in [5.41, 5.74) is 0. The Morgan fingerprint density at radius 3 is 0.680 bits per heavy atom. The van der Waals surface area contributed by atoms with Crippen LogP contribution in [0.2, 0.25) is 0 Å². The summed E-state index contributed by atoms with van der Waals surface area (Å²) in [4.78, 5) is 73.1. The van der Waals surface area contributed by atoms with Crippen LogP contribution in [-0.2, 0) is 65.4 Å². The third-order valence-corrected chi connectivity index (χ3v) is 20.9. The van der Waals surface area contributed by atoms with Crippen molar-refractivity contribution in [2.45, 2.75) is 445 Å².